The Hall–Kier alpha value is -2.24. The van der Waals surface area contributed by atoms with Crippen LogP contribution >= 0.6 is 0 Å². The van der Waals surface area contributed by atoms with Gasteiger partial charge >= 0.3 is 0 Å². The summed E-state index contributed by atoms with van der Waals surface area (Å²) in [5.74, 6) is 1.22. The molecule has 0 unspecified atom stereocenters. The van der Waals surface area contributed by atoms with Crippen molar-refractivity contribution in [2.45, 2.75) is 20.8 Å². The van der Waals surface area contributed by atoms with Gasteiger partial charge in [-0.2, -0.15) is 5.10 Å². The highest BCUT2D eigenvalue weighted by molar-refractivity contribution is 5.96. The summed E-state index contributed by atoms with van der Waals surface area (Å²) in [6.45, 7) is 5.87. The van der Waals surface area contributed by atoms with E-state index in [0.29, 0.717) is 22.8 Å². The van der Waals surface area contributed by atoms with Gasteiger partial charge in [0.15, 0.2) is 11.5 Å². The Kier molecular flexibility index (Phi) is 6.02. The van der Waals surface area contributed by atoms with Crippen molar-refractivity contribution in [3.63, 3.8) is 0 Å². The molecule has 0 bridgehead atoms. The summed E-state index contributed by atoms with van der Waals surface area (Å²) in [4.78, 5) is 12.1. The second-order valence-corrected chi connectivity index (χ2v) is 4.76. The quantitative estimate of drug-likeness (QED) is 0.646. The maximum Gasteiger partial charge on any atom is 0.271 e. The molecule has 0 aliphatic carbocycles. The number of carbonyl (C=O) groups excluding carboxylic acids is 1. The van der Waals surface area contributed by atoms with Gasteiger partial charge in [0.1, 0.15) is 0 Å². The van der Waals surface area contributed by atoms with Crippen molar-refractivity contribution < 1.29 is 19.0 Å². The Bertz CT molecular complexity index is 513. The van der Waals surface area contributed by atoms with Gasteiger partial charge in [0.2, 0.25) is 5.75 Å². The van der Waals surface area contributed by atoms with Crippen molar-refractivity contribution in [3.8, 4) is 17.2 Å². The highest BCUT2D eigenvalue weighted by Gasteiger charge is 2.16. The summed E-state index contributed by atoms with van der Waals surface area (Å²) < 4.78 is 15.6. The number of hydrazone groups is 1. The highest BCUT2D eigenvalue weighted by Crippen LogP contribution is 2.38. The van der Waals surface area contributed by atoms with E-state index in [1.54, 1.807) is 12.1 Å². The molecular weight excluding hydrogens is 272 g/mol. The number of nitrogens with one attached hydrogen (secondary N) is 1. The van der Waals surface area contributed by atoms with Crippen LogP contribution in [-0.4, -0.2) is 32.9 Å². The van der Waals surface area contributed by atoms with Crippen molar-refractivity contribution in [1.29, 1.82) is 0 Å². The molecule has 0 aliphatic rings. The standard InChI is InChI=1S/C15H22N2O4/c1-9(2)10(3)16-17-15(18)11-7-12(19-4)14(21-6)13(8-11)20-5/h7-9H,1-6H3,(H,17,18). The fourth-order valence-corrected chi connectivity index (χ4v) is 1.54. The molecule has 1 N–H and O–H groups in total. The van der Waals surface area contributed by atoms with Crippen LogP contribution in [0.4, 0.5) is 0 Å². The van der Waals surface area contributed by atoms with E-state index in [1.807, 2.05) is 20.8 Å². The molecule has 0 aliphatic heterocycles. The van der Waals surface area contributed by atoms with Gasteiger partial charge in [-0.1, -0.05) is 13.8 Å². The van der Waals surface area contributed by atoms with Gasteiger partial charge in [-0.25, -0.2) is 5.43 Å². The third kappa shape index (κ3) is 4.11. The zero-order valence-corrected chi connectivity index (χ0v) is 13.3. The average molecular weight is 294 g/mol. The fraction of sp³-hybridized carbons (Fsp3) is 0.467. The Morgan fingerprint density at radius 2 is 1.62 bits per heavy atom. The van der Waals surface area contributed by atoms with Gasteiger partial charge < -0.3 is 14.2 Å². The number of amides is 1. The lowest BCUT2D eigenvalue weighted by molar-refractivity contribution is 0.0954. The molecule has 0 fully saturated rings. The molecule has 6 nitrogen and oxygen atoms in total. The number of hydrogen-bond acceptors (Lipinski definition) is 5. The molecule has 21 heavy (non-hydrogen) atoms. The molecule has 116 valence electrons. The molecular formula is C15H22N2O4. The van der Waals surface area contributed by atoms with Crippen LogP contribution in [0.2, 0.25) is 0 Å². The minimum atomic E-state index is -0.339. The maximum absolute atomic E-state index is 12.1. The van der Waals surface area contributed by atoms with Crippen LogP contribution in [0.25, 0.3) is 0 Å². The van der Waals surface area contributed by atoms with Crippen LogP contribution in [0, 0.1) is 5.92 Å². The zero-order valence-electron chi connectivity index (χ0n) is 13.3. The van der Waals surface area contributed by atoms with Gasteiger partial charge in [-0.3, -0.25) is 4.79 Å². The SMILES string of the molecule is COc1cc(C(=O)NN=C(C)C(C)C)cc(OC)c1OC. The van der Waals surface area contributed by atoms with E-state index in [4.69, 9.17) is 14.2 Å². The summed E-state index contributed by atoms with van der Waals surface area (Å²) in [6, 6.07) is 3.16. The molecule has 1 aromatic carbocycles. The topological polar surface area (TPSA) is 69.2 Å². The van der Waals surface area contributed by atoms with E-state index in [1.165, 1.54) is 21.3 Å². The largest absolute Gasteiger partial charge is 0.493 e. The van der Waals surface area contributed by atoms with Gasteiger partial charge in [-0.05, 0) is 25.0 Å². The average Bonchev–Trinajstić information content (AvgIpc) is 2.50. The van der Waals surface area contributed by atoms with E-state index in [2.05, 4.69) is 10.5 Å². The van der Waals surface area contributed by atoms with E-state index >= 15 is 0 Å². The van der Waals surface area contributed by atoms with Crippen molar-refractivity contribution in [2.24, 2.45) is 11.0 Å². The molecule has 0 atom stereocenters. The molecule has 0 radical (unpaired) electrons. The lowest BCUT2D eigenvalue weighted by Crippen LogP contribution is -2.20. The smallest absolute Gasteiger partial charge is 0.271 e. The highest BCUT2D eigenvalue weighted by atomic mass is 16.5. The predicted molar refractivity (Wildman–Crippen MR) is 81.5 cm³/mol. The van der Waals surface area contributed by atoms with Crippen LogP contribution < -0.4 is 19.6 Å². The lowest BCUT2D eigenvalue weighted by Gasteiger charge is -2.13. The van der Waals surface area contributed by atoms with Crippen molar-refractivity contribution >= 4 is 11.6 Å². The molecule has 0 saturated carbocycles. The van der Waals surface area contributed by atoms with Crippen molar-refractivity contribution in [3.05, 3.63) is 17.7 Å². The number of carbonyl (C=O) groups is 1. The Morgan fingerprint density at radius 1 is 1.10 bits per heavy atom. The first kappa shape index (κ1) is 16.8. The minimum Gasteiger partial charge on any atom is -0.493 e. The number of nitrogens with zero attached hydrogens (tertiary/aromatic N) is 1. The first-order valence-electron chi connectivity index (χ1n) is 6.59. The minimum absolute atomic E-state index is 0.269. The van der Waals surface area contributed by atoms with Crippen LogP contribution in [-0.2, 0) is 0 Å². The second-order valence-electron chi connectivity index (χ2n) is 4.76. The van der Waals surface area contributed by atoms with Crippen molar-refractivity contribution in [2.75, 3.05) is 21.3 Å². The normalized spacial score (nSPS) is 11.3. The molecule has 1 rings (SSSR count). The number of rotatable bonds is 6. The Labute approximate surface area is 125 Å². The van der Waals surface area contributed by atoms with Crippen LogP contribution in [0.15, 0.2) is 17.2 Å². The molecule has 1 aromatic rings. The van der Waals surface area contributed by atoms with E-state index in [9.17, 15) is 4.79 Å². The lowest BCUT2D eigenvalue weighted by atomic mass is 10.1. The zero-order chi connectivity index (χ0) is 16.0. The summed E-state index contributed by atoms with van der Waals surface area (Å²) >= 11 is 0. The summed E-state index contributed by atoms with van der Waals surface area (Å²) in [6.07, 6.45) is 0. The monoisotopic (exact) mass is 294 g/mol. The molecule has 0 aromatic heterocycles. The first-order chi connectivity index (χ1) is 9.94. The van der Waals surface area contributed by atoms with Gasteiger partial charge in [0.05, 0.1) is 21.3 Å². The summed E-state index contributed by atoms with van der Waals surface area (Å²) in [5, 5.41) is 4.06. The summed E-state index contributed by atoms with van der Waals surface area (Å²) in [7, 11) is 4.51. The maximum atomic E-state index is 12.1. The van der Waals surface area contributed by atoms with Crippen molar-refractivity contribution in [1.82, 2.24) is 5.43 Å². The third-order valence-corrected chi connectivity index (χ3v) is 3.10. The molecule has 1 amide bonds. The van der Waals surface area contributed by atoms with E-state index < -0.39 is 0 Å². The van der Waals surface area contributed by atoms with Gasteiger partial charge in [0, 0.05) is 11.3 Å². The Morgan fingerprint density at radius 3 is 2.00 bits per heavy atom. The molecule has 0 saturated heterocycles. The third-order valence-electron chi connectivity index (χ3n) is 3.10. The van der Waals surface area contributed by atoms with Crippen LogP contribution in [0.1, 0.15) is 31.1 Å². The first-order valence-corrected chi connectivity index (χ1v) is 6.59. The van der Waals surface area contributed by atoms with E-state index in [0.717, 1.165) is 5.71 Å². The number of hydrogen-bond donors (Lipinski definition) is 1. The Balaban J connectivity index is 3.08. The second kappa shape index (κ2) is 7.52. The number of benzene rings is 1. The number of ether oxygens (including phenoxy) is 3. The summed E-state index contributed by atoms with van der Waals surface area (Å²) in [5.41, 5.74) is 3.74. The molecule has 6 heteroatoms. The van der Waals surface area contributed by atoms with Gasteiger partial charge in [-0.15, -0.1) is 0 Å². The predicted octanol–water partition coefficient (Wildman–Crippen LogP) is 2.47. The molecule has 0 heterocycles. The fourth-order valence-electron chi connectivity index (χ4n) is 1.54. The van der Waals surface area contributed by atoms with Crippen LogP contribution in [0.5, 0.6) is 17.2 Å². The van der Waals surface area contributed by atoms with Crippen LogP contribution in [0.3, 0.4) is 0 Å². The van der Waals surface area contributed by atoms with E-state index in [-0.39, 0.29) is 11.8 Å². The van der Waals surface area contributed by atoms with Gasteiger partial charge in [0.25, 0.3) is 5.91 Å². The molecule has 0 spiro atoms. The number of methoxy groups -OCH3 is 3.